The summed E-state index contributed by atoms with van der Waals surface area (Å²) in [6.45, 7) is -1.05. The standard InChI is InChI=1S/C3H5ClF3NO/c4-8-2(1-9)3(5,6)7/h2,8-9H,1H2. The molecule has 0 aliphatic heterocycles. The van der Waals surface area contributed by atoms with Crippen LogP contribution in [0.25, 0.3) is 0 Å². The molecule has 0 aromatic heterocycles. The van der Waals surface area contributed by atoms with E-state index in [1.165, 1.54) is 4.84 Å². The molecule has 0 radical (unpaired) electrons. The molecule has 0 saturated heterocycles. The number of halogens is 4. The summed E-state index contributed by atoms with van der Waals surface area (Å²) >= 11 is 4.62. The van der Waals surface area contributed by atoms with E-state index in [-0.39, 0.29) is 0 Å². The summed E-state index contributed by atoms with van der Waals surface area (Å²) in [4.78, 5) is 1.39. The number of hydrogen-bond donors (Lipinski definition) is 2. The fourth-order valence-electron chi connectivity index (χ4n) is 0.200. The highest BCUT2D eigenvalue weighted by Crippen LogP contribution is 2.19. The van der Waals surface area contributed by atoms with Gasteiger partial charge in [-0.15, -0.1) is 0 Å². The zero-order valence-electron chi connectivity index (χ0n) is 4.24. The van der Waals surface area contributed by atoms with Gasteiger partial charge in [0, 0.05) is 0 Å². The number of rotatable bonds is 2. The average molecular weight is 164 g/mol. The van der Waals surface area contributed by atoms with Crippen LogP contribution in [0.4, 0.5) is 13.2 Å². The van der Waals surface area contributed by atoms with E-state index in [0.29, 0.717) is 0 Å². The van der Waals surface area contributed by atoms with Crippen LogP contribution in [0.1, 0.15) is 0 Å². The lowest BCUT2D eigenvalue weighted by Crippen LogP contribution is -2.40. The molecule has 0 spiro atoms. The largest absolute Gasteiger partial charge is 0.407 e. The first kappa shape index (κ1) is 9.00. The molecule has 0 heterocycles. The molecule has 9 heavy (non-hydrogen) atoms. The highest BCUT2D eigenvalue weighted by molar-refractivity contribution is 6.13. The van der Waals surface area contributed by atoms with E-state index in [2.05, 4.69) is 11.8 Å². The van der Waals surface area contributed by atoms with Crippen molar-refractivity contribution in [3.63, 3.8) is 0 Å². The fourth-order valence-corrected chi connectivity index (χ4v) is 0.393. The molecule has 0 bridgehead atoms. The van der Waals surface area contributed by atoms with Gasteiger partial charge in [-0.3, -0.25) is 0 Å². The Kier molecular flexibility index (Phi) is 3.24. The van der Waals surface area contributed by atoms with Gasteiger partial charge < -0.3 is 5.11 Å². The van der Waals surface area contributed by atoms with Crippen molar-refractivity contribution < 1.29 is 18.3 Å². The van der Waals surface area contributed by atoms with Crippen LogP contribution in [-0.2, 0) is 0 Å². The van der Waals surface area contributed by atoms with Gasteiger partial charge in [0.1, 0.15) is 6.04 Å². The first-order valence-electron chi connectivity index (χ1n) is 2.06. The Bertz CT molecular complexity index is 81.6. The van der Waals surface area contributed by atoms with E-state index in [1.807, 2.05) is 0 Å². The predicted octanol–water partition coefficient (Wildman–Crippen LogP) is 0.653. The third-order valence-electron chi connectivity index (χ3n) is 0.709. The Labute approximate surface area is 54.7 Å². The van der Waals surface area contributed by atoms with E-state index >= 15 is 0 Å². The van der Waals surface area contributed by atoms with Crippen LogP contribution in [0.2, 0.25) is 0 Å². The molecule has 1 atom stereocenters. The molecule has 56 valence electrons. The summed E-state index contributed by atoms with van der Waals surface area (Å²) in [5.74, 6) is 0. The molecule has 0 fully saturated rings. The van der Waals surface area contributed by atoms with Gasteiger partial charge in [0.15, 0.2) is 0 Å². The number of nitrogens with one attached hydrogen (secondary N) is 1. The van der Waals surface area contributed by atoms with Crippen molar-refractivity contribution in [2.75, 3.05) is 6.61 Å². The Morgan fingerprint density at radius 3 is 2.00 bits per heavy atom. The SMILES string of the molecule is OCC(NCl)C(F)(F)F. The summed E-state index contributed by atoms with van der Waals surface area (Å²) in [5.41, 5.74) is 0. The Hall–Kier alpha value is -0.0000000000000000555. The Morgan fingerprint density at radius 1 is 1.56 bits per heavy atom. The van der Waals surface area contributed by atoms with Crippen molar-refractivity contribution in [3.05, 3.63) is 0 Å². The molecule has 2 nitrogen and oxygen atoms in total. The molecule has 0 saturated carbocycles. The summed E-state index contributed by atoms with van der Waals surface area (Å²) < 4.78 is 34.2. The summed E-state index contributed by atoms with van der Waals surface area (Å²) in [5, 5.41) is 7.99. The van der Waals surface area contributed by atoms with E-state index in [9.17, 15) is 13.2 Å². The van der Waals surface area contributed by atoms with Crippen molar-refractivity contribution in [2.45, 2.75) is 12.2 Å². The summed E-state index contributed by atoms with van der Waals surface area (Å²) in [6, 6.07) is -2.03. The topological polar surface area (TPSA) is 32.3 Å². The highest BCUT2D eigenvalue weighted by atomic mass is 35.5. The molecular formula is C3H5ClF3NO. The van der Waals surface area contributed by atoms with Crippen LogP contribution in [0.3, 0.4) is 0 Å². The molecule has 6 heteroatoms. The van der Waals surface area contributed by atoms with Gasteiger partial charge in [-0.1, -0.05) is 0 Å². The monoisotopic (exact) mass is 163 g/mol. The third-order valence-corrected chi connectivity index (χ3v) is 0.973. The quantitative estimate of drug-likeness (QED) is 0.586. The lowest BCUT2D eigenvalue weighted by atomic mass is 10.3. The van der Waals surface area contributed by atoms with Gasteiger partial charge in [0.2, 0.25) is 0 Å². The van der Waals surface area contributed by atoms with E-state index in [1.54, 1.807) is 0 Å². The molecule has 1 unspecified atom stereocenters. The maximum atomic E-state index is 11.4. The van der Waals surface area contributed by atoms with Crippen molar-refractivity contribution in [1.29, 1.82) is 0 Å². The minimum Gasteiger partial charge on any atom is -0.394 e. The highest BCUT2D eigenvalue weighted by Gasteiger charge is 2.38. The fraction of sp³-hybridized carbons (Fsp3) is 1.00. The van der Waals surface area contributed by atoms with Crippen molar-refractivity contribution in [2.24, 2.45) is 0 Å². The van der Waals surface area contributed by atoms with Gasteiger partial charge in [0.25, 0.3) is 0 Å². The average Bonchev–Trinajstić information content (AvgIpc) is 1.65. The zero-order valence-corrected chi connectivity index (χ0v) is 5.00. The molecule has 0 amide bonds. The molecule has 2 N–H and O–H groups in total. The second-order valence-electron chi connectivity index (χ2n) is 1.39. The molecule has 0 aromatic rings. The number of aliphatic hydroxyl groups excluding tert-OH is 1. The maximum Gasteiger partial charge on any atom is 0.407 e. The van der Waals surface area contributed by atoms with Gasteiger partial charge in [-0.05, 0) is 11.8 Å². The van der Waals surface area contributed by atoms with Crippen molar-refractivity contribution in [3.8, 4) is 0 Å². The maximum absolute atomic E-state index is 11.4. The molecule has 0 rings (SSSR count). The first-order chi connectivity index (χ1) is 4.02. The number of hydrogen-bond acceptors (Lipinski definition) is 2. The third kappa shape index (κ3) is 2.88. The summed E-state index contributed by atoms with van der Waals surface area (Å²) in [6.07, 6.45) is -4.48. The minimum absolute atomic E-state index is 1.05. The van der Waals surface area contributed by atoms with Gasteiger partial charge in [-0.2, -0.15) is 13.2 Å². The van der Waals surface area contributed by atoms with Gasteiger partial charge in [0.05, 0.1) is 6.61 Å². The minimum atomic E-state index is -4.48. The first-order valence-corrected chi connectivity index (χ1v) is 2.44. The summed E-state index contributed by atoms with van der Waals surface area (Å²) in [7, 11) is 0. The van der Waals surface area contributed by atoms with Crippen LogP contribution in [0, 0.1) is 0 Å². The smallest absolute Gasteiger partial charge is 0.394 e. The molecule has 0 aliphatic carbocycles. The lowest BCUT2D eigenvalue weighted by molar-refractivity contribution is -0.158. The molecule has 0 aliphatic rings. The lowest BCUT2D eigenvalue weighted by Gasteiger charge is -2.14. The molecule has 0 aromatic carbocycles. The Morgan fingerprint density at radius 2 is 2.00 bits per heavy atom. The van der Waals surface area contributed by atoms with Gasteiger partial charge >= 0.3 is 6.18 Å². The van der Waals surface area contributed by atoms with Crippen LogP contribution < -0.4 is 4.84 Å². The predicted molar refractivity (Wildman–Crippen MR) is 25.9 cm³/mol. The molecular weight excluding hydrogens is 158 g/mol. The van der Waals surface area contributed by atoms with Crippen molar-refractivity contribution >= 4 is 11.8 Å². The zero-order chi connectivity index (χ0) is 7.49. The van der Waals surface area contributed by atoms with Crippen LogP contribution in [0.5, 0.6) is 0 Å². The van der Waals surface area contributed by atoms with Crippen LogP contribution in [0.15, 0.2) is 0 Å². The second-order valence-corrected chi connectivity index (χ2v) is 1.60. The normalized spacial score (nSPS) is 15.7. The number of alkyl halides is 3. The van der Waals surface area contributed by atoms with E-state index in [0.717, 1.165) is 0 Å². The Balaban J connectivity index is 3.79. The van der Waals surface area contributed by atoms with Crippen molar-refractivity contribution in [1.82, 2.24) is 4.84 Å². The second kappa shape index (κ2) is 3.24. The van der Waals surface area contributed by atoms with Crippen LogP contribution in [-0.4, -0.2) is 23.9 Å². The van der Waals surface area contributed by atoms with Gasteiger partial charge in [-0.25, -0.2) is 4.84 Å². The van der Waals surface area contributed by atoms with Crippen LogP contribution >= 0.6 is 11.8 Å². The number of aliphatic hydroxyl groups is 1. The van der Waals surface area contributed by atoms with E-state index in [4.69, 9.17) is 5.11 Å². The van der Waals surface area contributed by atoms with E-state index < -0.39 is 18.8 Å².